The summed E-state index contributed by atoms with van der Waals surface area (Å²) in [5, 5.41) is 2.20. The average Bonchev–Trinajstić information content (AvgIpc) is 2.20. The predicted octanol–water partition coefficient (Wildman–Crippen LogP) is 1.25. The molecular formula is C11H15BrN2NaO3. The van der Waals surface area contributed by atoms with Crippen molar-refractivity contribution in [1.29, 1.82) is 0 Å². The van der Waals surface area contributed by atoms with E-state index >= 15 is 0 Å². The van der Waals surface area contributed by atoms with Gasteiger partial charge in [-0.05, 0) is 10.4 Å². The van der Waals surface area contributed by atoms with Gasteiger partial charge in [-0.15, -0.1) is 0 Å². The van der Waals surface area contributed by atoms with E-state index in [4.69, 9.17) is 0 Å². The first kappa shape index (κ1) is 17.8. The first-order valence-electron chi connectivity index (χ1n) is 5.20. The van der Waals surface area contributed by atoms with E-state index in [1.54, 1.807) is 13.8 Å². The third-order valence-electron chi connectivity index (χ3n) is 3.07. The summed E-state index contributed by atoms with van der Waals surface area (Å²) in [6, 6.07) is -0.684. The van der Waals surface area contributed by atoms with Gasteiger partial charge in [-0.3, -0.25) is 19.8 Å². The fraction of sp³-hybridized carbons (Fsp3) is 0.545. The molecule has 1 saturated heterocycles. The molecule has 0 aromatic rings. The van der Waals surface area contributed by atoms with Gasteiger partial charge < -0.3 is 0 Å². The number of allylic oxidation sites excluding steroid dienone is 1. The number of nitrogens with zero attached hydrogens (tertiary/aromatic N) is 1. The minimum absolute atomic E-state index is 0. The summed E-state index contributed by atoms with van der Waals surface area (Å²) in [6.45, 7) is 7.22. The second-order valence-electron chi connectivity index (χ2n) is 4.44. The van der Waals surface area contributed by atoms with Crippen LogP contribution in [0.15, 0.2) is 11.1 Å². The number of nitrogens with one attached hydrogen (secondary N) is 1. The van der Waals surface area contributed by atoms with Gasteiger partial charge in [0, 0.05) is 43.0 Å². The van der Waals surface area contributed by atoms with E-state index in [2.05, 4.69) is 27.8 Å². The molecule has 18 heavy (non-hydrogen) atoms. The quantitative estimate of drug-likeness (QED) is 0.627. The molecule has 1 atom stereocenters. The minimum atomic E-state index is -1.26. The smallest absolute Gasteiger partial charge is 0.277 e. The maximum Gasteiger partial charge on any atom is 0.330 e. The van der Waals surface area contributed by atoms with E-state index < -0.39 is 23.3 Å². The summed E-state index contributed by atoms with van der Waals surface area (Å²) in [5.41, 5.74) is -1.26. The predicted molar refractivity (Wildman–Crippen MR) is 72.0 cm³/mol. The molecule has 0 aromatic carbocycles. The van der Waals surface area contributed by atoms with Crippen molar-refractivity contribution in [2.75, 3.05) is 7.05 Å². The summed E-state index contributed by atoms with van der Waals surface area (Å²) < 4.78 is 0.553. The van der Waals surface area contributed by atoms with Crippen LogP contribution in [0.4, 0.5) is 4.79 Å². The zero-order valence-electron chi connectivity index (χ0n) is 11.0. The van der Waals surface area contributed by atoms with Crippen molar-refractivity contribution in [1.82, 2.24) is 10.2 Å². The zero-order valence-corrected chi connectivity index (χ0v) is 14.6. The maximum absolute atomic E-state index is 12.2. The summed E-state index contributed by atoms with van der Waals surface area (Å²) in [6.07, 6.45) is 0.174. The van der Waals surface area contributed by atoms with Gasteiger partial charge in [0.15, 0.2) is 0 Å². The number of hydrogen-bond acceptors (Lipinski definition) is 3. The van der Waals surface area contributed by atoms with Gasteiger partial charge in [0.05, 0.1) is 0 Å². The van der Waals surface area contributed by atoms with Crippen LogP contribution in [0.3, 0.4) is 0 Å². The van der Waals surface area contributed by atoms with E-state index in [1.807, 2.05) is 0 Å². The number of rotatable bonds is 3. The first-order valence-corrected chi connectivity index (χ1v) is 5.99. The summed E-state index contributed by atoms with van der Waals surface area (Å²) >= 11 is 3.17. The average molecular weight is 326 g/mol. The van der Waals surface area contributed by atoms with Crippen molar-refractivity contribution in [3.8, 4) is 0 Å². The molecule has 0 aliphatic carbocycles. The second kappa shape index (κ2) is 6.32. The van der Waals surface area contributed by atoms with E-state index in [9.17, 15) is 14.4 Å². The summed E-state index contributed by atoms with van der Waals surface area (Å²) in [5.74, 6) is -1.28. The van der Waals surface area contributed by atoms with Crippen molar-refractivity contribution in [2.24, 2.45) is 11.3 Å². The van der Waals surface area contributed by atoms with Gasteiger partial charge in [-0.2, -0.15) is 0 Å². The third kappa shape index (κ3) is 2.87. The molecule has 1 rings (SSSR count). The molecule has 7 heteroatoms. The standard InChI is InChI=1S/C11H15BrN2O3.Na/c1-6(2)11(5-7(3)12)8(15)13-10(17)14(4)9(11)16;/h6H,3,5H2,1-2,4H3,(H,13,15,17);. The normalized spacial score (nSPS) is 23.8. The second-order valence-corrected chi connectivity index (χ2v) is 5.57. The minimum Gasteiger partial charge on any atom is -0.277 e. The topological polar surface area (TPSA) is 66.5 Å². The van der Waals surface area contributed by atoms with Crippen molar-refractivity contribution >= 4 is 63.3 Å². The summed E-state index contributed by atoms with van der Waals surface area (Å²) in [7, 11) is 1.36. The Bertz CT molecular complexity index is 411. The number of amides is 4. The van der Waals surface area contributed by atoms with Crippen molar-refractivity contribution in [3.63, 3.8) is 0 Å². The molecule has 1 unspecified atom stereocenters. The zero-order chi connectivity index (χ0) is 13.4. The molecule has 1 aliphatic rings. The molecule has 1 radical (unpaired) electrons. The molecule has 0 bridgehead atoms. The van der Waals surface area contributed by atoms with Crippen LogP contribution in [0.2, 0.25) is 0 Å². The molecule has 1 heterocycles. The fourth-order valence-corrected chi connectivity index (χ4v) is 2.40. The van der Waals surface area contributed by atoms with Gasteiger partial charge in [-0.25, -0.2) is 4.79 Å². The van der Waals surface area contributed by atoms with Crippen LogP contribution in [0.5, 0.6) is 0 Å². The number of carbonyl (C=O) groups excluding carboxylic acids is 3. The SMILES string of the molecule is C=C(Br)CC1(C(C)C)C(=O)NC(=O)N(C)C1=O.[Na]. The van der Waals surface area contributed by atoms with Crippen LogP contribution >= 0.6 is 15.9 Å². The fourth-order valence-electron chi connectivity index (χ4n) is 1.95. The third-order valence-corrected chi connectivity index (χ3v) is 3.35. The van der Waals surface area contributed by atoms with Gasteiger partial charge >= 0.3 is 6.03 Å². The van der Waals surface area contributed by atoms with Crippen LogP contribution in [0.1, 0.15) is 20.3 Å². The van der Waals surface area contributed by atoms with Crippen LogP contribution < -0.4 is 5.32 Å². The van der Waals surface area contributed by atoms with E-state index in [-0.39, 0.29) is 41.9 Å². The molecule has 0 aromatic heterocycles. The number of barbiturate groups is 1. The molecule has 0 spiro atoms. The van der Waals surface area contributed by atoms with Crippen LogP contribution in [-0.2, 0) is 9.59 Å². The molecule has 1 aliphatic heterocycles. The number of imide groups is 2. The Balaban J connectivity index is 0.00000289. The van der Waals surface area contributed by atoms with E-state index in [0.29, 0.717) is 4.48 Å². The Kier molecular flexibility index (Phi) is 6.26. The Morgan fingerprint density at radius 3 is 2.33 bits per heavy atom. The Morgan fingerprint density at radius 1 is 1.44 bits per heavy atom. The molecule has 1 N–H and O–H groups in total. The number of urea groups is 1. The monoisotopic (exact) mass is 325 g/mol. The van der Waals surface area contributed by atoms with Gasteiger partial charge in [-0.1, -0.05) is 36.4 Å². The van der Waals surface area contributed by atoms with Crippen LogP contribution in [0, 0.1) is 11.3 Å². The Morgan fingerprint density at radius 2 is 1.94 bits per heavy atom. The molecular weight excluding hydrogens is 311 g/mol. The van der Waals surface area contributed by atoms with E-state index in [0.717, 1.165) is 4.90 Å². The van der Waals surface area contributed by atoms with E-state index in [1.165, 1.54) is 7.05 Å². The molecule has 5 nitrogen and oxygen atoms in total. The molecule has 0 saturated carbocycles. The summed E-state index contributed by atoms with van der Waals surface area (Å²) in [4.78, 5) is 36.5. The Hall–Kier alpha value is -0.170. The Labute approximate surface area is 137 Å². The molecule has 1 fully saturated rings. The first-order chi connectivity index (χ1) is 7.73. The molecule has 4 amide bonds. The van der Waals surface area contributed by atoms with Crippen LogP contribution in [-0.4, -0.2) is 59.4 Å². The number of carbonyl (C=O) groups is 3. The number of halogens is 1. The largest absolute Gasteiger partial charge is 0.330 e. The van der Waals surface area contributed by atoms with Crippen molar-refractivity contribution in [2.45, 2.75) is 20.3 Å². The molecule has 95 valence electrons. The van der Waals surface area contributed by atoms with Gasteiger partial charge in [0.2, 0.25) is 11.8 Å². The maximum atomic E-state index is 12.2. The van der Waals surface area contributed by atoms with Gasteiger partial charge in [0.1, 0.15) is 5.41 Å². The van der Waals surface area contributed by atoms with Gasteiger partial charge in [0.25, 0.3) is 0 Å². The number of hydrogen-bond donors (Lipinski definition) is 1. The van der Waals surface area contributed by atoms with Crippen molar-refractivity contribution < 1.29 is 14.4 Å². The van der Waals surface area contributed by atoms with Crippen LogP contribution in [0.25, 0.3) is 0 Å². The van der Waals surface area contributed by atoms with Crippen molar-refractivity contribution in [3.05, 3.63) is 11.1 Å².